The lowest BCUT2D eigenvalue weighted by molar-refractivity contribution is -0.124. The van der Waals surface area contributed by atoms with Crippen LogP contribution in [0.15, 0.2) is 24.3 Å². The van der Waals surface area contributed by atoms with Gasteiger partial charge in [-0.15, -0.1) is 0 Å². The van der Waals surface area contributed by atoms with Gasteiger partial charge in [0.25, 0.3) is 0 Å². The number of halogens is 1. The Morgan fingerprint density at radius 3 is 2.48 bits per heavy atom. The lowest BCUT2D eigenvalue weighted by atomic mass is 9.94. The van der Waals surface area contributed by atoms with Crippen LogP contribution in [0.1, 0.15) is 31.2 Å². The number of thioether (sulfide) groups is 1. The predicted molar refractivity (Wildman–Crippen MR) is 88.4 cm³/mol. The second kappa shape index (κ2) is 6.19. The van der Waals surface area contributed by atoms with Gasteiger partial charge in [0.15, 0.2) is 0 Å². The van der Waals surface area contributed by atoms with Gasteiger partial charge < -0.3 is 5.73 Å². The topological polar surface area (TPSA) is 55.1 Å². The van der Waals surface area contributed by atoms with Crippen molar-refractivity contribution in [2.45, 2.75) is 43.0 Å². The molecule has 0 spiro atoms. The molecule has 1 aromatic rings. The number of nitrogens with one attached hydrogen (secondary N) is 1. The molecule has 0 aliphatic heterocycles. The van der Waals surface area contributed by atoms with Crippen LogP contribution in [0.5, 0.6) is 0 Å². The Labute approximate surface area is 135 Å². The van der Waals surface area contributed by atoms with Crippen LogP contribution >= 0.6 is 23.4 Å². The molecule has 1 aromatic carbocycles. The summed E-state index contributed by atoms with van der Waals surface area (Å²) in [7, 11) is 0. The van der Waals surface area contributed by atoms with E-state index in [-0.39, 0.29) is 5.91 Å². The van der Waals surface area contributed by atoms with Crippen molar-refractivity contribution < 1.29 is 4.79 Å². The quantitative estimate of drug-likeness (QED) is 0.773. The highest BCUT2D eigenvalue weighted by Gasteiger charge is 2.51. The Balaban J connectivity index is 1.61. The van der Waals surface area contributed by atoms with E-state index in [9.17, 15) is 4.79 Å². The molecular formula is C16H21ClN2OS. The molecule has 5 heteroatoms. The highest BCUT2D eigenvalue weighted by Crippen LogP contribution is 2.43. The van der Waals surface area contributed by atoms with Gasteiger partial charge in [0.1, 0.15) is 5.54 Å². The second-order valence-corrected chi connectivity index (χ2v) is 7.57. The van der Waals surface area contributed by atoms with Crippen molar-refractivity contribution in [3.8, 4) is 0 Å². The monoisotopic (exact) mass is 324 g/mol. The molecule has 1 atom stereocenters. The van der Waals surface area contributed by atoms with E-state index < -0.39 is 5.54 Å². The molecule has 3 nitrogen and oxygen atoms in total. The molecule has 1 unspecified atom stereocenters. The molecule has 0 heterocycles. The largest absolute Gasteiger partial charge is 0.368 e. The summed E-state index contributed by atoms with van der Waals surface area (Å²) in [5.74, 6) is 1.88. The lowest BCUT2D eigenvalue weighted by Gasteiger charge is -2.32. The van der Waals surface area contributed by atoms with E-state index in [1.165, 1.54) is 18.4 Å². The van der Waals surface area contributed by atoms with Crippen molar-refractivity contribution in [2.24, 2.45) is 11.7 Å². The van der Waals surface area contributed by atoms with Gasteiger partial charge in [-0.25, -0.2) is 0 Å². The average molecular weight is 325 g/mol. The first-order chi connectivity index (χ1) is 10.1. The summed E-state index contributed by atoms with van der Waals surface area (Å²) in [5.41, 5.74) is 6.48. The van der Waals surface area contributed by atoms with Crippen molar-refractivity contribution in [3.63, 3.8) is 0 Å². The fourth-order valence-electron chi connectivity index (χ4n) is 2.70. The molecule has 21 heavy (non-hydrogen) atoms. The van der Waals surface area contributed by atoms with Crippen LogP contribution in [0.4, 0.5) is 0 Å². The number of carbonyl (C=O) groups excluding carboxylic acids is 1. The molecule has 0 saturated heterocycles. The minimum atomic E-state index is -0.502. The van der Waals surface area contributed by atoms with Crippen molar-refractivity contribution in [2.75, 3.05) is 5.75 Å². The molecule has 0 radical (unpaired) electrons. The average Bonchev–Trinajstić information content (AvgIpc) is 3.33. The van der Waals surface area contributed by atoms with Crippen LogP contribution in [0.3, 0.4) is 0 Å². The van der Waals surface area contributed by atoms with E-state index in [1.54, 1.807) is 11.8 Å². The normalized spacial score (nSPS) is 21.0. The zero-order chi connectivity index (χ0) is 14.9. The van der Waals surface area contributed by atoms with Gasteiger partial charge in [-0.3, -0.25) is 10.1 Å². The third-order valence-corrected chi connectivity index (χ3v) is 5.71. The summed E-state index contributed by atoms with van der Waals surface area (Å²) >= 11 is 7.68. The van der Waals surface area contributed by atoms with E-state index in [2.05, 4.69) is 5.32 Å². The summed E-state index contributed by atoms with van der Waals surface area (Å²) < 4.78 is 0. The summed E-state index contributed by atoms with van der Waals surface area (Å²) in [4.78, 5) is 12.1. The van der Waals surface area contributed by atoms with Gasteiger partial charge in [0.2, 0.25) is 5.91 Å². The van der Waals surface area contributed by atoms with Crippen molar-refractivity contribution in [1.82, 2.24) is 5.32 Å². The third kappa shape index (κ3) is 3.74. The van der Waals surface area contributed by atoms with E-state index >= 15 is 0 Å². The fourth-order valence-corrected chi connectivity index (χ4v) is 4.14. The minimum absolute atomic E-state index is 0.180. The third-order valence-electron chi connectivity index (χ3n) is 4.26. The first-order valence-electron chi connectivity index (χ1n) is 7.50. The Hall–Kier alpha value is -0.710. The highest BCUT2D eigenvalue weighted by atomic mass is 35.5. The van der Waals surface area contributed by atoms with Crippen LogP contribution in [0.2, 0.25) is 5.02 Å². The summed E-state index contributed by atoms with van der Waals surface area (Å²) in [5, 5.41) is 4.30. The van der Waals surface area contributed by atoms with Crippen LogP contribution in [-0.4, -0.2) is 23.2 Å². The smallest absolute Gasteiger partial charge is 0.238 e. The maximum atomic E-state index is 12.1. The first kappa shape index (κ1) is 15.2. The number of amides is 1. The van der Waals surface area contributed by atoms with Crippen LogP contribution in [0.25, 0.3) is 0 Å². The molecule has 0 aromatic heterocycles. The summed E-state index contributed by atoms with van der Waals surface area (Å²) in [6.45, 7) is 0. The van der Waals surface area contributed by atoms with Crippen molar-refractivity contribution >= 4 is 29.3 Å². The molecule has 2 saturated carbocycles. The molecule has 2 aliphatic rings. The molecule has 3 rings (SSSR count). The highest BCUT2D eigenvalue weighted by molar-refractivity contribution is 7.98. The maximum Gasteiger partial charge on any atom is 0.238 e. The molecule has 2 aliphatic carbocycles. The van der Waals surface area contributed by atoms with Crippen molar-refractivity contribution in [1.29, 1.82) is 0 Å². The van der Waals surface area contributed by atoms with Gasteiger partial charge in [-0.05, 0) is 49.3 Å². The molecule has 114 valence electrons. The van der Waals surface area contributed by atoms with Crippen LogP contribution in [-0.2, 0) is 10.5 Å². The van der Waals surface area contributed by atoms with Crippen LogP contribution < -0.4 is 11.1 Å². The Kier molecular flexibility index (Phi) is 4.48. The van der Waals surface area contributed by atoms with Gasteiger partial charge in [0.05, 0.1) is 0 Å². The predicted octanol–water partition coefficient (Wildman–Crippen LogP) is 2.96. The zero-order valence-electron chi connectivity index (χ0n) is 12.0. The van der Waals surface area contributed by atoms with Crippen molar-refractivity contribution in [3.05, 3.63) is 34.9 Å². The number of hydrogen-bond donors (Lipinski definition) is 2. The Morgan fingerprint density at radius 1 is 1.29 bits per heavy atom. The maximum absolute atomic E-state index is 12.1. The number of primary amides is 1. The van der Waals surface area contributed by atoms with E-state index in [0.29, 0.717) is 12.0 Å². The summed E-state index contributed by atoms with van der Waals surface area (Å²) in [6, 6.07) is 8.37. The molecule has 2 fully saturated rings. The van der Waals surface area contributed by atoms with Gasteiger partial charge in [-0.2, -0.15) is 11.8 Å². The Bertz CT molecular complexity index is 514. The Morgan fingerprint density at radius 2 is 1.95 bits per heavy atom. The number of rotatable bonds is 8. The SMILES string of the molecule is NC(=O)C(CSCc1ccc(Cl)cc1)(NC1CC1)C1CC1. The molecular weight excluding hydrogens is 304 g/mol. The number of hydrogen-bond acceptors (Lipinski definition) is 3. The number of nitrogens with two attached hydrogens (primary N) is 1. The van der Waals surface area contributed by atoms with Gasteiger partial charge in [0, 0.05) is 22.6 Å². The zero-order valence-corrected chi connectivity index (χ0v) is 13.6. The standard InChI is InChI=1S/C16H21ClN2OS/c17-13-5-1-11(2-6-13)9-21-10-16(15(18)20,12-3-4-12)19-14-7-8-14/h1-2,5-6,12,14,19H,3-4,7-10H2,(H2,18,20). The fraction of sp³-hybridized carbons (Fsp3) is 0.562. The first-order valence-corrected chi connectivity index (χ1v) is 9.03. The molecule has 3 N–H and O–H groups in total. The minimum Gasteiger partial charge on any atom is -0.368 e. The summed E-state index contributed by atoms with van der Waals surface area (Å²) in [6.07, 6.45) is 4.57. The van der Waals surface area contributed by atoms with Gasteiger partial charge >= 0.3 is 0 Å². The van der Waals surface area contributed by atoms with Crippen LogP contribution in [0, 0.1) is 5.92 Å². The second-order valence-electron chi connectivity index (χ2n) is 6.15. The van der Waals surface area contributed by atoms with E-state index in [0.717, 1.165) is 29.4 Å². The van der Waals surface area contributed by atoms with Gasteiger partial charge in [-0.1, -0.05) is 23.7 Å². The van der Waals surface area contributed by atoms with E-state index in [4.69, 9.17) is 17.3 Å². The number of benzene rings is 1. The number of carbonyl (C=O) groups is 1. The molecule has 0 bridgehead atoms. The molecule has 1 amide bonds. The van der Waals surface area contributed by atoms with E-state index in [1.807, 2.05) is 24.3 Å². The lowest BCUT2D eigenvalue weighted by Crippen LogP contribution is -2.60.